The van der Waals surface area contributed by atoms with E-state index < -0.39 is 4.92 Å². The van der Waals surface area contributed by atoms with Crippen LogP contribution >= 0.6 is 0 Å². The van der Waals surface area contributed by atoms with Gasteiger partial charge in [0.05, 0.1) is 10.6 Å². The topological polar surface area (TPSA) is 58.7 Å². The number of non-ortho nitro benzene ring substituents is 1. The van der Waals surface area contributed by atoms with Crippen LogP contribution in [0.5, 0.6) is 0 Å². The molecule has 0 heterocycles. The van der Waals surface area contributed by atoms with Crippen molar-refractivity contribution in [2.45, 2.75) is 13.8 Å². The molecule has 0 atom stereocenters. The smallest absolute Gasteiger partial charge is 0.271 e. The Balaban J connectivity index is 3.11. The first kappa shape index (κ1) is 13.2. The molecule has 0 bridgehead atoms. The second-order valence-electron chi connectivity index (χ2n) is 4.30. The van der Waals surface area contributed by atoms with Gasteiger partial charge in [-0.3, -0.25) is 10.1 Å². The Morgan fingerprint density at radius 1 is 1.41 bits per heavy atom. The van der Waals surface area contributed by atoms with Crippen LogP contribution in [0.3, 0.4) is 0 Å². The van der Waals surface area contributed by atoms with E-state index in [0.29, 0.717) is 5.69 Å². The van der Waals surface area contributed by atoms with Crippen LogP contribution in [-0.4, -0.2) is 29.8 Å². The third-order valence-corrected chi connectivity index (χ3v) is 2.26. The molecule has 0 fully saturated rings. The number of nitro benzene ring substituents is 1. The molecule has 0 saturated carbocycles. The monoisotopic (exact) mass is 235 g/mol. The molecule has 0 spiro atoms. The molecule has 0 aliphatic rings. The summed E-state index contributed by atoms with van der Waals surface area (Å²) in [5.74, 6) is 1.16. The molecule has 0 saturated heterocycles. The van der Waals surface area contributed by atoms with Gasteiger partial charge in [-0.15, -0.1) is 0 Å². The van der Waals surface area contributed by atoms with Gasteiger partial charge < -0.3 is 4.90 Å². The van der Waals surface area contributed by atoms with Crippen molar-refractivity contribution in [2.75, 3.05) is 14.1 Å². The highest BCUT2D eigenvalue weighted by atomic mass is 16.6. The van der Waals surface area contributed by atoms with E-state index in [9.17, 15) is 10.1 Å². The number of hydrogen-bond acceptors (Lipinski definition) is 3. The van der Waals surface area contributed by atoms with Crippen LogP contribution in [0.4, 0.5) is 11.4 Å². The molecule has 0 aromatic heterocycles. The van der Waals surface area contributed by atoms with Crippen LogP contribution in [0.2, 0.25) is 0 Å². The molecule has 5 nitrogen and oxygen atoms in total. The van der Waals surface area contributed by atoms with E-state index in [4.69, 9.17) is 0 Å². The first-order chi connectivity index (χ1) is 7.91. The van der Waals surface area contributed by atoms with Crippen LogP contribution < -0.4 is 0 Å². The Hall–Kier alpha value is -1.91. The molecular formula is C12H17N3O2. The summed E-state index contributed by atoms with van der Waals surface area (Å²) >= 11 is 0. The van der Waals surface area contributed by atoms with Gasteiger partial charge in [-0.25, -0.2) is 4.99 Å². The molecule has 0 aliphatic heterocycles. The van der Waals surface area contributed by atoms with E-state index >= 15 is 0 Å². The van der Waals surface area contributed by atoms with Crippen LogP contribution in [0.1, 0.15) is 13.8 Å². The molecule has 92 valence electrons. The first-order valence-electron chi connectivity index (χ1n) is 5.42. The Morgan fingerprint density at radius 3 is 2.53 bits per heavy atom. The Morgan fingerprint density at radius 2 is 2.06 bits per heavy atom. The zero-order chi connectivity index (χ0) is 13.0. The second kappa shape index (κ2) is 5.43. The lowest BCUT2D eigenvalue weighted by atomic mass is 10.2. The van der Waals surface area contributed by atoms with Crippen molar-refractivity contribution in [2.24, 2.45) is 10.9 Å². The summed E-state index contributed by atoms with van der Waals surface area (Å²) in [6, 6.07) is 6.35. The Labute approximate surface area is 101 Å². The molecule has 0 aliphatic carbocycles. The molecule has 17 heavy (non-hydrogen) atoms. The SMILES string of the molecule is CC(C)C(=Nc1cccc([N+](=O)[O-])c1)N(C)C. The average molecular weight is 235 g/mol. The summed E-state index contributed by atoms with van der Waals surface area (Å²) in [6.07, 6.45) is 0. The zero-order valence-corrected chi connectivity index (χ0v) is 10.5. The third-order valence-electron chi connectivity index (χ3n) is 2.26. The highest BCUT2D eigenvalue weighted by molar-refractivity contribution is 5.86. The molecule has 0 amide bonds. The van der Waals surface area contributed by atoms with Crippen LogP contribution in [0.15, 0.2) is 29.3 Å². The normalized spacial score (nSPS) is 11.7. The van der Waals surface area contributed by atoms with Crippen molar-refractivity contribution in [3.63, 3.8) is 0 Å². The third kappa shape index (κ3) is 3.55. The molecule has 0 N–H and O–H groups in total. The fourth-order valence-corrected chi connectivity index (χ4v) is 1.55. The number of aliphatic imine (C=N–C) groups is 1. The summed E-state index contributed by atoms with van der Waals surface area (Å²) in [5.41, 5.74) is 0.671. The molecule has 0 radical (unpaired) electrons. The van der Waals surface area contributed by atoms with Gasteiger partial charge in [-0.1, -0.05) is 19.9 Å². The fraction of sp³-hybridized carbons (Fsp3) is 0.417. The van der Waals surface area contributed by atoms with Gasteiger partial charge in [0.1, 0.15) is 5.84 Å². The molecular weight excluding hydrogens is 218 g/mol. The van der Waals surface area contributed by atoms with Crippen molar-refractivity contribution in [1.82, 2.24) is 4.90 Å². The largest absolute Gasteiger partial charge is 0.366 e. The summed E-state index contributed by atoms with van der Waals surface area (Å²) in [5, 5.41) is 10.7. The fourth-order valence-electron chi connectivity index (χ4n) is 1.55. The van der Waals surface area contributed by atoms with Gasteiger partial charge in [-0.2, -0.15) is 0 Å². The van der Waals surface area contributed by atoms with Gasteiger partial charge in [0.2, 0.25) is 0 Å². The lowest BCUT2D eigenvalue weighted by Gasteiger charge is -2.18. The van der Waals surface area contributed by atoms with Gasteiger partial charge in [0.15, 0.2) is 0 Å². The molecule has 1 rings (SSSR count). The minimum Gasteiger partial charge on any atom is -0.366 e. The minimum atomic E-state index is -0.413. The maximum Gasteiger partial charge on any atom is 0.271 e. The average Bonchev–Trinajstić information content (AvgIpc) is 2.25. The highest BCUT2D eigenvalue weighted by Gasteiger charge is 2.09. The summed E-state index contributed by atoms with van der Waals surface area (Å²) < 4.78 is 0. The summed E-state index contributed by atoms with van der Waals surface area (Å²) in [6.45, 7) is 4.08. The lowest BCUT2D eigenvalue weighted by molar-refractivity contribution is -0.384. The molecule has 1 aromatic carbocycles. The number of nitro groups is 1. The van der Waals surface area contributed by atoms with E-state index in [0.717, 1.165) is 5.84 Å². The highest BCUT2D eigenvalue weighted by Crippen LogP contribution is 2.21. The Bertz CT molecular complexity index is 429. The Kier molecular flexibility index (Phi) is 4.20. The van der Waals surface area contributed by atoms with E-state index in [1.54, 1.807) is 12.1 Å². The van der Waals surface area contributed by atoms with E-state index in [1.165, 1.54) is 12.1 Å². The summed E-state index contributed by atoms with van der Waals surface area (Å²) in [4.78, 5) is 16.6. The lowest BCUT2D eigenvalue weighted by Crippen LogP contribution is -2.26. The number of rotatable bonds is 3. The molecule has 0 unspecified atom stereocenters. The van der Waals surface area contributed by atoms with Gasteiger partial charge in [0, 0.05) is 32.1 Å². The van der Waals surface area contributed by atoms with Crippen LogP contribution in [0, 0.1) is 16.0 Å². The number of nitrogens with zero attached hydrogens (tertiary/aromatic N) is 3. The standard InChI is InChI=1S/C12H17N3O2/c1-9(2)12(14(3)4)13-10-6-5-7-11(8-10)15(16)17/h5-9H,1-4H3. The van der Waals surface area contributed by atoms with Crippen molar-refractivity contribution in [1.29, 1.82) is 0 Å². The quantitative estimate of drug-likeness (QED) is 0.350. The van der Waals surface area contributed by atoms with Gasteiger partial charge in [-0.05, 0) is 6.07 Å². The van der Waals surface area contributed by atoms with E-state index in [2.05, 4.69) is 4.99 Å². The molecule has 1 aromatic rings. The predicted octanol–water partition coefficient (Wildman–Crippen LogP) is 2.84. The van der Waals surface area contributed by atoms with Crippen molar-refractivity contribution < 1.29 is 4.92 Å². The molecule has 5 heteroatoms. The van der Waals surface area contributed by atoms with Crippen molar-refractivity contribution >= 4 is 17.2 Å². The second-order valence-corrected chi connectivity index (χ2v) is 4.30. The maximum atomic E-state index is 10.7. The maximum absolute atomic E-state index is 10.7. The number of amidine groups is 1. The van der Waals surface area contributed by atoms with Crippen molar-refractivity contribution in [3.8, 4) is 0 Å². The van der Waals surface area contributed by atoms with Crippen LogP contribution in [0.25, 0.3) is 0 Å². The minimum absolute atomic E-state index is 0.0631. The van der Waals surface area contributed by atoms with E-state index in [-0.39, 0.29) is 11.6 Å². The first-order valence-corrected chi connectivity index (χ1v) is 5.42. The van der Waals surface area contributed by atoms with Gasteiger partial charge in [0.25, 0.3) is 5.69 Å². The zero-order valence-electron chi connectivity index (χ0n) is 10.5. The van der Waals surface area contributed by atoms with Gasteiger partial charge >= 0.3 is 0 Å². The van der Waals surface area contributed by atoms with Crippen molar-refractivity contribution in [3.05, 3.63) is 34.4 Å². The number of hydrogen-bond donors (Lipinski definition) is 0. The van der Waals surface area contributed by atoms with Crippen LogP contribution in [-0.2, 0) is 0 Å². The summed E-state index contributed by atoms with van der Waals surface area (Å²) in [7, 11) is 3.83. The van der Waals surface area contributed by atoms with E-state index in [1.807, 2.05) is 32.8 Å². The number of benzene rings is 1. The predicted molar refractivity (Wildman–Crippen MR) is 68.7 cm³/mol.